The van der Waals surface area contributed by atoms with Crippen molar-refractivity contribution >= 4 is 11.9 Å². The number of aliphatic carboxylic acids is 1. The molecule has 1 rings (SSSR count). The van der Waals surface area contributed by atoms with Gasteiger partial charge in [-0.3, -0.25) is 4.79 Å². The quantitative estimate of drug-likeness (QED) is 0.697. The number of carboxylic acid groups (broad SMARTS) is 1. The van der Waals surface area contributed by atoms with Gasteiger partial charge in [-0.05, 0) is 37.5 Å². The van der Waals surface area contributed by atoms with E-state index < -0.39 is 12.0 Å². The summed E-state index contributed by atoms with van der Waals surface area (Å²) in [5.74, 6) is -0.388. The van der Waals surface area contributed by atoms with Gasteiger partial charge in [0.05, 0.1) is 6.61 Å². The Morgan fingerprint density at radius 2 is 1.91 bits per heavy atom. The highest BCUT2D eigenvalue weighted by atomic mass is 16.5. The van der Waals surface area contributed by atoms with Crippen molar-refractivity contribution in [2.45, 2.75) is 52.0 Å². The summed E-state index contributed by atoms with van der Waals surface area (Å²) in [7, 11) is 0. The maximum Gasteiger partial charge on any atom is 0.326 e. The highest BCUT2D eigenvalue weighted by molar-refractivity contribution is 5.83. The number of aryl methyl sites for hydroxylation is 1. The number of unbranched alkanes of at least 4 members (excludes halogenated alkanes) is 1. The number of nitrogens with one attached hydrogen (secondary N) is 1. The maximum atomic E-state index is 11.9. The van der Waals surface area contributed by atoms with Gasteiger partial charge in [-0.2, -0.15) is 0 Å². The van der Waals surface area contributed by atoms with Crippen molar-refractivity contribution < 1.29 is 19.4 Å². The molecule has 0 aliphatic carbocycles. The van der Waals surface area contributed by atoms with Gasteiger partial charge >= 0.3 is 5.97 Å². The summed E-state index contributed by atoms with van der Waals surface area (Å²) in [6.07, 6.45) is 3.03. The summed E-state index contributed by atoms with van der Waals surface area (Å²) in [4.78, 5) is 23.0. The molecule has 0 bridgehead atoms. The van der Waals surface area contributed by atoms with Crippen LogP contribution >= 0.6 is 0 Å². The smallest absolute Gasteiger partial charge is 0.326 e. The molecule has 0 radical (unpaired) electrons. The lowest BCUT2D eigenvalue weighted by atomic mass is 10.1. The molecule has 22 heavy (non-hydrogen) atoms. The third kappa shape index (κ3) is 6.61. The van der Waals surface area contributed by atoms with E-state index in [2.05, 4.69) is 5.32 Å². The maximum absolute atomic E-state index is 11.9. The number of hydrogen-bond donors (Lipinski definition) is 2. The molecule has 2 N–H and O–H groups in total. The number of carbonyl (C=O) groups excluding carboxylic acids is 1. The lowest BCUT2D eigenvalue weighted by Crippen LogP contribution is -2.40. The molecule has 0 saturated heterocycles. The molecule has 0 fully saturated rings. The highest BCUT2D eigenvalue weighted by Gasteiger charge is 2.18. The molecule has 0 spiro atoms. The van der Waals surface area contributed by atoms with Gasteiger partial charge in [-0.15, -0.1) is 0 Å². The van der Waals surface area contributed by atoms with E-state index in [0.717, 1.165) is 24.2 Å². The van der Waals surface area contributed by atoms with Crippen molar-refractivity contribution in [3.8, 4) is 5.75 Å². The molecular formula is C17H25NO4. The summed E-state index contributed by atoms with van der Waals surface area (Å²) >= 11 is 0. The average molecular weight is 307 g/mol. The predicted molar refractivity (Wildman–Crippen MR) is 85.0 cm³/mol. The molecule has 0 aliphatic rings. The fourth-order valence-corrected chi connectivity index (χ4v) is 2.11. The van der Waals surface area contributed by atoms with Crippen molar-refractivity contribution in [3.63, 3.8) is 0 Å². The standard InChI is InChI=1S/C17H25NO4/c1-3-5-6-15(17(20)21)18-16(19)12-9-13-7-10-14(11-8-13)22-4-2/h7-8,10-11,15H,3-6,9,12H2,1-2H3,(H,18,19)(H,20,21)/t15-/m0/s1. The van der Waals surface area contributed by atoms with Crippen LogP contribution in [0.2, 0.25) is 0 Å². The monoisotopic (exact) mass is 307 g/mol. The Balaban J connectivity index is 2.42. The molecule has 0 unspecified atom stereocenters. The Morgan fingerprint density at radius 3 is 2.45 bits per heavy atom. The molecule has 5 heteroatoms. The minimum atomic E-state index is -0.970. The van der Waals surface area contributed by atoms with Gasteiger partial charge in [0.25, 0.3) is 0 Å². The van der Waals surface area contributed by atoms with Gasteiger partial charge < -0.3 is 15.2 Å². The molecule has 122 valence electrons. The number of hydrogen-bond acceptors (Lipinski definition) is 3. The van der Waals surface area contributed by atoms with E-state index in [1.54, 1.807) is 0 Å². The second-order valence-electron chi connectivity index (χ2n) is 5.18. The average Bonchev–Trinajstić information content (AvgIpc) is 2.50. The second kappa shape index (κ2) is 9.82. The molecule has 5 nitrogen and oxygen atoms in total. The van der Waals surface area contributed by atoms with Gasteiger partial charge in [0.2, 0.25) is 5.91 Å². The molecule has 1 amide bonds. The van der Waals surface area contributed by atoms with E-state index in [1.807, 2.05) is 38.1 Å². The lowest BCUT2D eigenvalue weighted by Gasteiger charge is -2.14. The van der Waals surface area contributed by atoms with E-state index in [1.165, 1.54) is 0 Å². The number of carboxylic acids is 1. The molecule has 0 heterocycles. The van der Waals surface area contributed by atoms with Crippen LogP contribution in [-0.2, 0) is 16.0 Å². The Kier molecular flexibility index (Phi) is 8.04. The molecule has 0 aromatic heterocycles. The van der Waals surface area contributed by atoms with Gasteiger partial charge in [-0.1, -0.05) is 31.9 Å². The van der Waals surface area contributed by atoms with Crippen LogP contribution in [0.3, 0.4) is 0 Å². The summed E-state index contributed by atoms with van der Waals surface area (Å²) in [6, 6.07) is 6.80. The van der Waals surface area contributed by atoms with Gasteiger partial charge in [0, 0.05) is 6.42 Å². The first-order valence-corrected chi connectivity index (χ1v) is 7.80. The van der Waals surface area contributed by atoms with Crippen molar-refractivity contribution in [2.24, 2.45) is 0 Å². The largest absolute Gasteiger partial charge is 0.494 e. The normalized spacial score (nSPS) is 11.7. The zero-order valence-corrected chi connectivity index (χ0v) is 13.3. The van der Waals surface area contributed by atoms with E-state index in [9.17, 15) is 9.59 Å². The summed E-state index contributed by atoms with van der Waals surface area (Å²) in [5.41, 5.74) is 1.03. The number of rotatable bonds is 10. The zero-order chi connectivity index (χ0) is 16.4. The number of benzene rings is 1. The minimum Gasteiger partial charge on any atom is -0.494 e. The molecule has 1 aromatic rings. The van der Waals surface area contributed by atoms with Crippen molar-refractivity contribution in [3.05, 3.63) is 29.8 Å². The van der Waals surface area contributed by atoms with Crippen molar-refractivity contribution in [2.75, 3.05) is 6.61 Å². The molecule has 1 aromatic carbocycles. The Hall–Kier alpha value is -2.04. The van der Waals surface area contributed by atoms with Crippen LogP contribution < -0.4 is 10.1 Å². The van der Waals surface area contributed by atoms with E-state index in [0.29, 0.717) is 19.4 Å². The lowest BCUT2D eigenvalue weighted by molar-refractivity contribution is -0.142. The van der Waals surface area contributed by atoms with Crippen LogP contribution in [0.5, 0.6) is 5.75 Å². The van der Waals surface area contributed by atoms with Crippen molar-refractivity contribution in [1.29, 1.82) is 0 Å². The number of ether oxygens (including phenoxy) is 1. The summed E-state index contributed by atoms with van der Waals surface area (Å²) in [6.45, 7) is 4.54. The zero-order valence-electron chi connectivity index (χ0n) is 13.3. The minimum absolute atomic E-state index is 0.225. The first-order valence-electron chi connectivity index (χ1n) is 7.80. The van der Waals surface area contributed by atoms with Gasteiger partial charge in [0.15, 0.2) is 0 Å². The van der Waals surface area contributed by atoms with Gasteiger partial charge in [0.1, 0.15) is 11.8 Å². The molecular weight excluding hydrogens is 282 g/mol. The third-order valence-corrected chi connectivity index (χ3v) is 3.35. The fraction of sp³-hybridized carbons (Fsp3) is 0.529. The second-order valence-corrected chi connectivity index (χ2v) is 5.18. The van der Waals surface area contributed by atoms with Crippen molar-refractivity contribution in [1.82, 2.24) is 5.32 Å². The Morgan fingerprint density at radius 1 is 1.23 bits per heavy atom. The summed E-state index contributed by atoms with van der Waals surface area (Å²) < 4.78 is 5.36. The number of amides is 1. The van der Waals surface area contributed by atoms with Crippen LogP contribution in [0.25, 0.3) is 0 Å². The molecule has 0 aliphatic heterocycles. The molecule has 0 saturated carbocycles. The highest BCUT2D eigenvalue weighted by Crippen LogP contribution is 2.13. The van der Waals surface area contributed by atoms with Crippen LogP contribution in [-0.4, -0.2) is 29.6 Å². The number of carbonyl (C=O) groups is 2. The van der Waals surface area contributed by atoms with Crippen LogP contribution in [0.1, 0.15) is 45.1 Å². The van der Waals surface area contributed by atoms with Crippen LogP contribution in [0.15, 0.2) is 24.3 Å². The first-order chi connectivity index (χ1) is 10.6. The fourth-order valence-electron chi connectivity index (χ4n) is 2.11. The SMILES string of the molecule is CCCC[C@H](NC(=O)CCc1ccc(OCC)cc1)C(=O)O. The third-order valence-electron chi connectivity index (χ3n) is 3.35. The Labute approximate surface area is 131 Å². The topological polar surface area (TPSA) is 75.6 Å². The predicted octanol–water partition coefficient (Wildman–Crippen LogP) is 2.78. The van der Waals surface area contributed by atoms with Gasteiger partial charge in [-0.25, -0.2) is 4.79 Å². The first kappa shape index (κ1) is 18.0. The van der Waals surface area contributed by atoms with E-state index >= 15 is 0 Å². The summed E-state index contributed by atoms with van der Waals surface area (Å²) in [5, 5.41) is 11.7. The Bertz CT molecular complexity index is 470. The van der Waals surface area contributed by atoms with E-state index in [4.69, 9.17) is 9.84 Å². The van der Waals surface area contributed by atoms with E-state index in [-0.39, 0.29) is 12.3 Å². The molecule has 1 atom stereocenters. The van der Waals surface area contributed by atoms with Crippen LogP contribution in [0.4, 0.5) is 0 Å². The van der Waals surface area contributed by atoms with Crippen LogP contribution in [0, 0.1) is 0 Å².